The van der Waals surface area contributed by atoms with E-state index in [1.807, 2.05) is 4.98 Å². The van der Waals surface area contributed by atoms with Gasteiger partial charge in [0.25, 0.3) is 11.3 Å². The number of rotatable bonds is 2. The van der Waals surface area contributed by atoms with Crippen molar-refractivity contribution in [3.8, 4) is 6.07 Å². The van der Waals surface area contributed by atoms with Gasteiger partial charge in [-0.15, -0.1) is 0 Å². The fraction of sp³-hybridized carbons (Fsp3) is 0.500. The Bertz CT molecular complexity index is 635. The summed E-state index contributed by atoms with van der Waals surface area (Å²) in [6.07, 6.45) is -1.09. The molecular weight excluding hydrogens is 322 g/mol. The Morgan fingerprint density at radius 2 is 2.32 bits per heavy atom. The van der Waals surface area contributed by atoms with E-state index < -0.39 is 40.6 Å². The minimum absolute atomic E-state index is 0.509. The highest BCUT2D eigenvalue weighted by Crippen LogP contribution is 2.38. The number of ether oxygens (including phenoxy) is 1. The van der Waals surface area contributed by atoms with Crippen molar-refractivity contribution in [3.63, 3.8) is 0 Å². The van der Waals surface area contributed by atoms with Gasteiger partial charge in [-0.3, -0.25) is 14.3 Å². The molecular formula is C10H10BrN3O5. The number of nitrogens with zero attached hydrogens (tertiary/aromatic N) is 2. The Morgan fingerprint density at radius 1 is 1.63 bits per heavy atom. The van der Waals surface area contributed by atoms with Crippen LogP contribution in [0, 0.1) is 11.3 Å². The number of aliphatic hydroxyl groups is 2. The number of halogens is 1. The SMILES string of the molecule is N#C[C@@]1(n2ccc(=O)[nH]c2=O)O[C@H](CO)[C@@H](O)[C@@H]1Br. The normalized spacial score (nSPS) is 34.1. The van der Waals surface area contributed by atoms with Crippen LogP contribution in [0.3, 0.4) is 0 Å². The third-order valence-electron chi connectivity index (χ3n) is 2.91. The second kappa shape index (κ2) is 4.90. The van der Waals surface area contributed by atoms with Crippen LogP contribution in [0.25, 0.3) is 0 Å². The smallest absolute Gasteiger partial charge is 0.331 e. The highest BCUT2D eigenvalue weighted by Gasteiger charge is 2.56. The van der Waals surface area contributed by atoms with Crippen LogP contribution in [0.15, 0.2) is 21.9 Å². The van der Waals surface area contributed by atoms with Gasteiger partial charge in [-0.25, -0.2) is 4.79 Å². The molecule has 3 N–H and O–H groups in total. The molecule has 2 rings (SSSR count). The Morgan fingerprint density at radius 3 is 2.79 bits per heavy atom. The lowest BCUT2D eigenvalue weighted by Gasteiger charge is -2.26. The molecule has 0 saturated carbocycles. The van der Waals surface area contributed by atoms with Gasteiger partial charge in [0.1, 0.15) is 23.1 Å². The van der Waals surface area contributed by atoms with E-state index in [9.17, 15) is 20.0 Å². The number of aromatic amines is 1. The molecule has 0 aliphatic carbocycles. The predicted molar refractivity (Wildman–Crippen MR) is 65.6 cm³/mol. The highest BCUT2D eigenvalue weighted by atomic mass is 79.9. The summed E-state index contributed by atoms with van der Waals surface area (Å²) in [5.41, 5.74) is -3.30. The van der Waals surface area contributed by atoms with E-state index >= 15 is 0 Å². The molecule has 0 unspecified atom stereocenters. The van der Waals surface area contributed by atoms with Gasteiger partial charge in [-0.1, -0.05) is 15.9 Å². The molecule has 19 heavy (non-hydrogen) atoms. The third kappa shape index (κ3) is 2.02. The van der Waals surface area contributed by atoms with Crippen LogP contribution < -0.4 is 11.2 Å². The Labute approximate surface area is 115 Å². The molecule has 1 aliphatic heterocycles. The van der Waals surface area contributed by atoms with E-state index in [0.29, 0.717) is 0 Å². The topological polar surface area (TPSA) is 128 Å². The van der Waals surface area contributed by atoms with E-state index in [1.54, 1.807) is 6.07 Å². The number of nitrogens with one attached hydrogen (secondary N) is 1. The van der Waals surface area contributed by atoms with Crippen LogP contribution in [0.5, 0.6) is 0 Å². The first-order valence-electron chi connectivity index (χ1n) is 5.31. The summed E-state index contributed by atoms with van der Waals surface area (Å²) in [4.78, 5) is 23.8. The van der Waals surface area contributed by atoms with E-state index in [2.05, 4.69) is 15.9 Å². The van der Waals surface area contributed by atoms with Crippen LogP contribution >= 0.6 is 15.9 Å². The molecule has 1 aromatic rings. The Balaban J connectivity index is 2.59. The highest BCUT2D eigenvalue weighted by molar-refractivity contribution is 9.09. The van der Waals surface area contributed by atoms with Crippen molar-refractivity contribution in [1.29, 1.82) is 5.26 Å². The summed E-state index contributed by atoms with van der Waals surface area (Å²) >= 11 is 3.10. The first-order valence-corrected chi connectivity index (χ1v) is 6.22. The second-order valence-corrected chi connectivity index (χ2v) is 5.01. The number of hydrogen-bond acceptors (Lipinski definition) is 6. The van der Waals surface area contributed by atoms with Gasteiger partial charge in [0.2, 0.25) is 0 Å². The van der Waals surface area contributed by atoms with Crippen molar-refractivity contribution in [3.05, 3.63) is 33.1 Å². The van der Waals surface area contributed by atoms with Crippen molar-refractivity contribution in [2.75, 3.05) is 6.61 Å². The van der Waals surface area contributed by atoms with Gasteiger partial charge in [0.05, 0.1) is 6.61 Å². The lowest BCUT2D eigenvalue weighted by atomic mass is 10.1. The van der Waals surface area contributed by atoms with Crippen LogP contribution in [0.2, 0.25) is 0 Å². The predicted octanol–water partition coefficient (Wildman–Crippen LogP) is -1.77. The number of nitriles is 1. The van der Waals surface area contributed by atoms with Crippen molar-refractivity contribution in [1.82, 2.24) is 9.55 Å². The summed E-state index contributed by atoms with van der Waals surface area (Å²) in [7, 11) is 0. The number of hydrogen-bond donors (Lipinski definition) is 3. The summed E-state index contributed by atoms with van der Waals surface area (Å²) < 4.78 is 6.18. The monoisotopic (exact) mass is 331 g/mol. The van der Waals surface area contributed by atoms with Crippen molar-refractivity contribution >= 4 is 15.9 Å². The Hall–Kier alpha value is -1.47. The lowest BCUT2D eigenvalue weighted by Crippen LogP contribution is -2.48. The van der Waals surface area contributed by atoms with Gasteiger partial charge in [-0.2, -0.15) is 5.26 Å². The van der Waals surface area contributed by atoms with Crippen molar-refractivity contribution in [2.24, 2.45) is 0 Å². The van der Waals surface area contributed by atoms with E-state index in [-0.39, 0.29) is 0 Å². The van der Waals surface area contributed by atoms with Gasteiger partial charge >= 0.3 is 5.69 Å². The maximum Gasteiger partial charge on any atom is 0.331 e. The van der Waals surface area contributed by atoms with E-state index in [0.717, 1.165) is 16.8 Å². The number of H-pyrrole nitrogens is 1. The minimum atomic E-state index is -1.84. The van der Waals surface area contributed by atoms with Crippen LogP contribution in [-0.4, -0.2) is 43.4 Å². The summed E-state index contributed by atoms with van der Waals surface area (Å²) in [6.45, 7) is -0.509. The molecule has 0 spiro atoms. The maximum absolute atomic E-state index is 11.7. The summed E-state index contributed by atoms with van der Waals surface area (Å²) in [5.74, 6) is 0. The zero-order valence-corrected chi connectivity index (χ0v) is 11.1. The molecule has 9 heteroatoms. The second-order valence-electron chi connectivity index (χ2n) is 4.02. The molecule has 4 atom stereocenters. The van der Waals surface area contributed by atoms with Gasteiger partial charge in [0.15, 0.2) is 0 Å². The molecule has 1 aromatic heterocycles. The zero-order valence-electron chi connectivity index (χ0n) is 9.49. The fourth-order valence-corrected chi connectivity index (χ4v) is 2.71. The first-order chi connectivity index (χ1) is 8.96. The average Bonchev–Trinajstić information content (AvgIpc) is 2.64. The third-order valence-corrected chi connectivity index (χ3v) is 4.07. The summed E-state index contributed by atoms with van der Waals surface area (Å²) in [6, 6.07) is 2.86. The van der Waals surface area contributed by atoms with Crippen LogP contribution in [0.1, 0.15) is 0 Å². The zero-order chi connectivity index (χ0) is 14.2. The standard InChI is InChI=1S/C10H10BrN3O5/c11-8-7(17)5(3-15)19-10(8,4-12)14-2-1-6(16)13-9(14)18/h1-2,5,7-8,15,17H,3H2,(H,13,16,18)/t5-,7-,8+,10-/m1/s1. The van der Waals surface area contributed by atoms with E-state index in [1.165, 1.54) is 0 Å². The molecule has 102 valence electrons. The van der Waals surface area contributed by atoms with Crippen molar-refractivity contribution < 1.29 is 14.9 Å². The van der Waals surface area contributed by atoms with Crippen LogP contribution in [-0.2, 0) is 10.5 Å². The van der Waals surface area contributed by atoms with Gasteiger partial charge in [0, 0.05) is 12.3 Å². The molecule has 1 fully saturated rings. The number of aliphatic hydroxyl groups excluding tert-OH is 2. The molecule has 0 amide bonds. The maximum atomic E-state index is 11.7. The molecule has 1 saturated heterocycles. The Kier molecular flexibility index (Phi) is 3.60. The van der Waals surface area contributed by atoms with Crippen molar-refractivity contribution in [2.45, 2.75) is 22.8 Å². The average molecular weight is 332 g/mol. The van der Waals surface area contributed by atoms with Crippen LogP contribution in [0.4, 0.5) is 0 Å². The lowest BCUT2D eigenvalue weighted by molar-refractivity contribution is -0.0837. The quantitative estimate of drug-likeness (QED) is 0.550. The number of aromatic nitrogens is 2. The fourth-order valence-electron chi connectivity index (χ4n) is 1.94. The number of alkyl halides is 1. The van der Waals surface area contributed by atoms with E-state index in [4.69, 9.17) is 9.84 Å². The molecule has 0 radical (unpaired) electrons. The largest absolute Gasteiger partial charge is 0.394 e. The molecule has 1 aliphatic rings. The molecule has 0 aromatic carbocycles. The van der Waals surface area contributed by atoms with Gasteiger partial charge in [-0.05, 0) is 0 Å². The molecule has 8 nitrogen and oxygen atoms in total. The summed E-state index contributed by atoms with van der Waals surface area (Å²) in [5, 5.41) is 28.3. The first kappa shape index (κ1) is 14.0. The molecule has 0 bridgehead atoms. The molecule has 2 heterocycles. The van der Waals surface area contributed by atoms with Gasteiger partial charge < -0.3 is 14.9 Å². The minimum Gasteiger partial charge on any atom is -0.394 e.